The largest absolute Gasteiger partial charge is 0.497 e. The van der Waals surface area contributed by atoms with Crippen molar-refractivity contribution in [1.29, 1.82) is 0 Å². The van der Waals surface area contributed by atoms with Gasteiger partial charge in [-0.15, -0.1) is 0 Å². The lowest BCUT2D eigenvalue weighted by molar-refractivity contribution is 0.171. The van der Waals surface area contributed by atoms with Crippen LogP contribution in [0.2, 0.25) is 0 Å². The van der Waals surface area contributed by atoms with Crippen molar-refractivity contribution in [1.82, 2.24) is 0 Å². The summed E-state index contributed by atoms with van der Waals surface area (Å²) in [6.07, 6.45) is 1.81. The van der Waals surface area contributed by atoms with Crippen LogP contribution >= 0.6 is 0 Å². The number of ether oxygens (including phenoxy) is 3. The first-order valence-corrected chi connectivity index (χ1v) is 7.54. The summed E-state index contributed by atoms with van der Waals surface area (Å²) in [4.78, 5) is 0. The fourth-order valence-electron chi connectivity index (χ4n) is 2.57. The standard InChI is InChI=1S/C18H21NO3/c1-20-15-6-2-13(3-7-15)4-8-16(19)14-5-9-17-18(12-14)22-11-10-21-17/h2-3,5-7,9,12,16H,4,8,10-11,19H2,1H3/t16-/m1/s1. The van der Waals surface area contributed by atoms with Crippen molar-refractivity contribution in [3.63, 3.8) is 0 Å². The molecule has 0 saturated carbocycles. The van der Waals surface area contributed by atoms with E-state index in [0.29, 0.717) is 13.2 Å². The number of benzene rings is 2. The molecule has 0 bridgehead atoms. The second-order valence-corrected chi connectivity index (χ2v) is 5.40. The molecule has 0 aromatic heterocycles. The smallest absolute Gasteiger partial charge is 0.161 e. The van der Waals surface area contributed by atoms with Gasteiger partial charge in [-0.3, -0.25) is 0 Å². The maximum Gasteiger partial charge on any atom is 0.161 e. The van der Waals surface area contributed by atoms with Crippen molar-refractivity contribution >= 4 is 0 Å². The Kier molecular flexibility index (Phi) is 4.49. The Balaban J connectivity index is 1.62. The molecule has 0 aliphatic carbocycles. The van der Waals surface area contributed by atoms with Gasteiger partial charge in [0.1, 0.15) is 19.0 Å². The van der Waals surface area contributed by atoms with Gasteiger partial charge in [0.05, 0.1) is 7.11 Å². The highest BCUT2D eigenvalue weighted by Gasteiger charge is 2.14. The lowest BCUT2D eigenvalue weighted by atomic mass is 9.99. The van der Waals surface area contributed by atoms with Crippen molar-refractivity contribution < 1.29 is 14.2 Å². The third-order valence-corrected chi connectivity index (χ3v) is 3.90. The minimum atomic E-state index is -0.0158. The number of hydrogen-bond acceptors (Lipinski definition) is 4. The maximum atomic E-state index is 6.31. The molecule has 0 saturated heterocycles. The van der Waals surface area contributed by atoms with Crippen LogP contribution in [0.3, 0.4) is 0 Å². The van der Waals surface area contributed by atoms with E-state index >= 15 is 0 Å². The number of hydrogen-bond donors (Lipinski definition) is 1. The summed E-state index contributed by atoms with van der Waals surface area (Å²) >= 11 is 0. The molecular formula is C18H21NO3. The highest BCUT2D eigenvalue weighted by Crippen LogP contribution is 2.33. The van der Waals surface area contributed by atoms with E-state index in [4.69, 9.17) is 19.9 Å². The van der Waals surface area contributed by atoms with E-state index in [0.717, 1.165) is 35.7 Å². The molecule has 0 spiro atoms. The van der Waals surface area contributed by atoms with Crippen molar-refractivity contribution in [2.75, 3.05) is 20.3 Å². The Morgan fingerprint density at radius 2 is 1.77 bits per heavy atom. The van der Waals surface area contributed by atoms with Crippen LogP contribution in [0.4, 0.5) is 0 Å². The van der Waals surface area contributed by atoms with Crippen LogP contribution in [0.5, 0.6) is 17.2 Å². The summed E-state index contributed by atoms with van der Waals surface area (Å²) in [6.45, 7) is 1.20. The molecule has 1 aliphatic heterocycles. The van der Waals surface area contributed by atoms with E-state index in [-0.39, 0.29) is 6.04 Å². The van der Waals surface area contributed by atoms with E-state index in [1.807, 2.05) is 30.3 Å². The van der Waals surface area contributed by atoms with Crippen LogP contribution in [0.25, 0.3) is 0 Å². The van der Waals surface area contributed by atoms with E-state index in [2.05, 4.69) is 12.1 Å². The molecule has 22 heavy (non-hydrogen) atoms. The quantitative estimate of drug-likeness (QED) is 0.921. The molecule has 1 heterocycles. The fraction of sp³-hybridized carbons (Fsp3) is 0.333. The predicted molar refractivity (Wildman–Crippen MR) is 85.7 cm³/mol. The van der Waals surface area contributed by atoms with Crippen molar-refractivity contribution in [3.05, 3.63) is 53.6 Å². The van der Waals surface area contributed by atoms with E-state index in [1.54, 1.807) is 7.11 Å². The van der Waals surface area contributed by atoms with E-state index in [9.17, 15) is 0 Å². The van der Waals surface area contributed by atoms with Crippen LogP contribution in [0, 0.1) is 0 Å². The summed E-state index contributed by atoms with van der Waals surface area (Å²) < 4.78 is 16.3. The molecule has 0 amide bonds. The molecule has 0 fully saturated rings. The average Bonchev–Trinajstić information content (AvgIpc) is 2.59. The number of rotatable bonds is 5. The third kappa shape index (κ3) is 3.34. The van der Waals surface area contributed by atoms with Crippen LogP contribution in [-0.4, -0.2) is 20.3 Å². The summed E-state index contributed by atoms with van der Waals surface area (Å²) in [5, 5.41) is 0. The van der Waals surface area contributed by atoms with Crippen molar-refractivity contribution in [2.24, 2.45) is 5.73 Å². The SMILES string of the molecule is COc1ccc(CC[C@@H](N)c2ccc3c(c2)OCCO3)cc1. The Morgan fingerprint density at radius 1 is 1.05 bits per heavy atom. The van der Waals surface area contributed by atoms with Crippen LogP contribution < -0.4 is 19.9 Å². The molecule has 116 valence electrons. The monoisotopic (exact) mass is 299 g/mol. The Labute approximate surface area is 130 Å². The lowest BCUT2D eigenvalue weighted by Crippen LogP contribution is -2.17. The van der Waals surface area contributed by atoms with Crippen molar-refractivity contribution in [2.45, 2.75) is 18.9 Å². The Morgan fingerprint density at radius 3 is 2.50 bits per heavy atom. The number of aryl methyl sites for hydroxylation is 1. The number of methoxy groups -OCH3 is 1. The first-order valence-electron chi connectivity index (χ1n) is 7.54. The second kappa shape index (κ2) is 6.71. The zero-order valence-electron chi connectivity index (χ0n) is 12.7. The Bertz CT molecular complexity index is 625. The topological polar surface area (TPSA) is 53.7 Å². The van der Waals surface area contributed by atoms with Gasteiger partial charge in [0.25, 0.3) is 0 Å². The molecule has 2 N–H and O–H groups in total. The van der Waals surface area contributed by atoms with E-state index in [1.165, 1.54) is 5.56 Å². The van der Waals surface area contributed by atoms with Gasteiger partial charge in [-0.1, -0.05) is 18.2 Å². The van der Waals surface area contributed by atoms with Gasteiger partial charge in [0.15, 0.2) is 11.5 Å². The highest BCUT2D eigenvalue weighted by molar-refractivity contribution is 5.44. The van der Waals surface area contributed by atoms with Crippen molar-refractivity contribution in [3.8, 4) is 17.2 Å². The molecule has 2 aromatic rings. The van der Waals surface area contributed by atoms with Gasteiger partial charge in [-0.2, -0.15) is 0 Å². The second-order valence-electron chi connectivity index (χ2n) is 5.40. The van der Waals surface area contributed by atoms with Gasteiger partial charge >= 0.3 is 0 Å². The van der Waals surface area contributed by atoms with Gasteiger partial charge in [-0.05, 0) is 48.2 Å². The minimum Gasteiger partial charge on any atom is -0.497 e. The predicted octanol–water partition coefficient (Wildman–Crippen LogP) is 3.10. The molecule has 3 rings (SSSR count). The summed E-state index contributed by atoms with van der Waals surface area (Å²) in [6, 6.07) is 14.1. The molecular weight excluding hydrogens is 278 g/mol. The average molecular weight is 299 g/mol. The van der Waals surface area contributed by atoms with Gasteiger partial charge < -0.3 is 19.9 Å². The van der Waals surface area contributed by atoms with Crippen LogP contribution in [-0.2, 0) is 6.42 Å². The number of nitrogens with two attached hydrogens (primary N) is 1. The first kappa shape index (κ1) is 14.7. The molecule has 4 nitrogen and oxygen atoms in total. The molecule has 4 heteroatoms. The van der Waals surface area contributed by atoms with Gasteiger partial charge in [-0.25, -0.2) is 0 Å². The highest BCUT2D eigenvalue weighted by atomic mass is 16.6. The lowest BCUT2D eigenvalue weighted by Gasteiger charge is -2.20. The fourth-order valence-corrected chi connectivity index (χ4v) is 2.57. The van der Waals surface area contributed by atoms with Crippen LogP contribution in [0.15, 0.2) is 42.5 Å². The molecule has 1 aliphatic rings. The summed E-state index contributed by atoms with van der Waals surface area (Å²) in [5.74, 6) is 2.47. The Hall–Kier alpha value is -2.20. The van der Waals surface area contributed by atoms with Crippen LogP contribution in [0.1, 0.15) is 23.6 Å². The van der Waals surface area contributed by atoms with Gasteiger partial charge in [0.2, 0.25) is 0 Å². The normalized spacial score (nSPS) is 14.5. The minimum absolute atomic E-state index is 0.0158. The summed E-state index contributed by atoms with van der Waals surface area (Å²) in [7, 11) is 1.67. The third-order valence-electron chi connectivity index (χ3n) is 3.90. The first-order chi connectivity index (χ1) is 10.8. The summed E-state index contributed by atoms with van der Waals surface area (Å²) in [5.41, 5.74) is 8.65. The zero-order valence-corrected chi connectivity index (χ0v) is 12.7. The van der Waals surface area contributed by atoms with Gasteiger partial charge in [0, 0.05) is 6.04 Å². The van der Waals surface area contributed by atoms with E-state index < -0.39 is 0 Å². The maximum absolute atomic E-state index is 6.31. The molecule has 0 unspecified atom stereocenters. The number of fused-ring (bicyclic) bond motifs is 1. The molecule has 0 radical (unpaired) electrons. The molecule has 1 atom stereocenters. The molecule has 2 aromatic carbocycles. The zero-order chi connectivity index (χ0) is 15.4.